The van der Waals surface area contributed by atoms with Crippen LogP contribution < -0.4 is 5.32 Å². The summed E-state index contributed by atoms with van der Waals surface area (Å²) >= 11 is 0. The summed E-state index contributed by atoms with van der Waals surface area (Å²) in [5, 5.41) is 11.6. The first kappa shape index (κ1) is 17.9. The monoisotopic (exact) mass is 356 g/mol. The summed E-state index contributed by atoms with van der Waals surface area (Å²) in [6.07, 6.45) is 0. The van der Waals surface area contributed by atoms with Gasteiger partial charge in [-0.05, 0) is 54.1 Å². The van der Waals surface area contributed by atoms with Crippen LogP contribution in [0.3, 0.4) is 0 Å². The minimum atomic E-state index is -0.467. The predicted octanol–water partition coefficient (Wildman–Crippen LogP) is 4.17. The molecule has 132 valence electrons. The van der Waals surface area contributed by atoms with Gasteiger partial charge in [-0.1, -0.05) is 30.3 Å². The Hall–Kier alpha value is -3.91. The van der Waals surface area contributed by atoms with Crippen molar-refractivity contribution in [2.75, 3.05) is 5.32 Å². The van der Waals surface area contributed by atoms with Gasteiger partial charge in [-0.2, -0.15) is 5.26 Å². The smallest absolute Gasteiger partial charge is 0.338 e. The lowest BCUT2D eigenvalue weighted by molar-refractivity contribution is 0.0472. The number of rotatable bonds is 5. The van der Waals surface area contributed by atoms with Gasteiger partial charge < -0.3 is 10.1 Å². The number of nitrogens with one attached hydrogen (secondary N) is 1. The quantitative estimate of drug-likeness (QED) is 0.696. The molecule has 0 aromatic heterocycles. The van der Waals surface area contributed by atoms with E-state index in [1.54, 1.807) is 48.5 Å². The highest BCUT2D eigenvalue weighted by Crippen LogP contribution is 2.12. The SMILES string of the molecule is N#Cc1ccc(C(=O)OCc2ccc(C(=O)Nc3ccccc3)cc2)cc1. The lowest BCUT2D eigenvalue weighted by Gasteiger charge is -2.07. The molecule has 1 amide bonds. The summed E-state index contributed by atoms with van der Waals surface area (Å²) in [5.41, 5.74) is 2.88. The van der Waals surface area contributed by atoms with Gasteiger partial charge in [0.25, 0.3) is 5.91 Å². The number of esters is 1. The fraction of sp³-hybridized carbons (Fsp3) is 0.0455. The maximum Gasteiger partial charge on any atom is 0.338 e. The molecule has 0 fully saturated rings. The highest BCUT2D eigenvalue weighted by atomic mass is 16.5. The Labute approximate surface area is 156 Å². The van der Waals surface area contributed by atoms with Gasteiger partial charge in [0.15, 0.2) is 0 Å². The standard InChI is InChI=1S/C22H16N2O3/c23-14-16-6-12-19(13-7-16)22(26)27-15-17-8-10-18(11-9-17)21(25)24-20-4-2-1-3-5-20/h1-13H,15H2,(H,24,25). The first-order valence-electron chi connectivity index (χ1n) is 8.28. The molecule has 3 aromatic carbocycles. The number of carbonyl (C=O) groups excluding carboxylic acids is 2. The number of ether oxygens (including phenoxy) is 1. The van der Waals surface area contributed by atoms with Gasteiger partial charge in [0, 0.05) is 11.3 Å². The lowest BCUT2D eigenvalue weighted by atomic mass is 10.1. The number of hydrogen-bond donors (Lipinski definition) is 1. The molecule has 0 saturated heterocycles. The molecule has 0 aliphatic heterocycles. The Balaban J connectivity index is 1.56. The first-order valence-corrected chi connectivity index (χ1v) is 8.28. The second-order valence-corrected chi connectivity index (χ2v) is 5.78. The van der Waals surface area contributed by atoms with E-state index in [-0.39, 0.29) is 12.5 Å². The van der Waals surface area contributed by atoms with E-state index in [9.17, 15) is 9.59 Å². The van der Waals surface area contributed by atoms with Crippen molar-refractivity contribution in [3.8, 4) is 6.07 Å². The van der Waals surface area contributed by atoms with Crippen molar-refractivity contribution < 1.29 is 14.3 Å². The van der Waals surface area contributed by atoms with Crippen LogP contribution in [0.15, 0.2) is 78.9 Å². The van der Waals surface area contributed by atoms with Crippen LogP contribution in [0.5, 0.6) is 0 Å². The minimum absolute atomic E-state index is 0.0966. The van der Waals surface area contributed by atoms with Gasteiger partial charge >= 0.3 is 5.97 Å². The molecule has 0 spiro atoms. The van der Waals surface area contributed by atoms with Gasteiger partial charge in [0.1, 0.15) is 6.61 Å². The molecule has 5 heteroatoms. The summed E-state index contributed by atoms with van der Waals surface area (Å²) < 4.78 is 5.26. The Kier molecular flexibility index (Phi) is 5.60. The number of nitrogens with zero attached hydrogens (tertiary/aromatic N) is 1. The molecule has 0 aliphatic rings. The second-order valence-electron chi connectivity index (χ2n) is 5.78. The molecular weight excluding hydrogens is 340 g/mol. The van der Waals surface area contributed by atoms with E-state index in [2.05, 4.69) is 5.32 Å². The van der Waals surface area contributed by atoms with Crippen molar-refractivity contribution in [2.45, 2.75) is 6.61 Å². The molecular formula is C22H16N2O3. The summed E-state index contributed by atoms with van der Waals surface area (Å²) in [6.45, 7) is 0.0966. The highest BCUT2D eigenvalue weighted by molar-refractivity contribution is 6.04. The number of amides is 1. The van der Waals surface area contributed by atoms with Crippen molar-refractivity contribution in [3.63, 3.8) is 0 Å². The third-order valence-corrected chi connectivity index (χ3v) is 3.87. The average Bonchev–Trinajstić information content (AvgIpc) is 2.73. The van der Waals surface area contributed by atoms with Crippen molar-refractivity contribution in [1.29, 1.82) is 5.26 Å². The van der Waals surface area contributed by atoms with Crippen LogP contribution in [0.1, 0.15) is 31.8 Å². The fourth-order valence-corrected chi connectivity index (χ4v) is 2.39. The Bertz CT molecular complexity index is 973. The molecule has 1 N–H and O–H groups in total. The number of nitriles is 1. The maximum atomic E-state index is 12.2. The Morgan fingerprint density at radius 3 is 2.11 bits per heavy atom. The number of benzene rings is 3. The van der Waals surface area contributed by atoms with Crippen LogP contribution in [-0.4, -0.2) is 11.9 Å². The lowest BCUT2D eigenvalue weighted by Crippen LogP contribution is -2.11. The van der Waals surface area contributed by atoms with E-state index >= 15 is 0 Å². The molecule has 0 bridgehead atoms. The topological polar surface area (TPSA) is 79.2 Å². The van der Waals surface area contributed by atoms with Crippen LogP contribution in [0, 0.1) is 11.3 Å². The van der Waals surface area contributed by atoms with Crippen LogP contribution in [-0.2, 0) is 11.3 Å². The fourth-order valence-electron chi connectivity index (χ4n) is 2.39. The summed E-state index contributed by atoms with van der Waals surface area (Å²) in [5.74, 6) is -0.673. The van der Waals surface area contributed by atoms with Crippen molar-refractivity contribution in [2.24, 2.45) is 0 Å². The zero-order valence-corrected chi connectivity index (χ0v) is 14.4. The molecule has 0 saturated carbocycles. The van der Waals surface area contributed by atoms with E-state index in [1.807, 2.05) is 36.4 Å². The number of carbonyl (C=O) groups is 2. The van der Waals surface area contributed by atoms with Gasteiger partial charge in [0.05, 0.1) is 17.2 Å². The number of hydrogen-bond acceptors (Lipinski definition) is 4. The zero-order chi connectivity index (χ0) is 19.1. The molecule has 0 atom stereocenters. The van der Waals surface area contributed by atoms with E-state index < -0.39 is 5.97 Å². The molecule has 3 aromatic rings. The van der Waals surface area contributed by atoms with E-state index in [0.717, 1.165) is 11.3 Å². The highest BCUT2D eigenvalue weighted by Gasteiger charge is 2.09. The Morgan fingerprint density at radius 2 is 1.48 bits per heavy atom. The van der Waals surface area contributed by atoms with Crippen molar-refractivity contribution >= 4 is 17.6 Å². The average molecular weight is 356 g/mol. The van der Waals surface area contributed by atoms with E-state index in [4.69, 9.17) is 10.00 Å². The van der Waals surface area contributed by atoms with Crippen molar-refractivity contribution in [1.82, 2.24) is 0 Å². The van der Waals surface area contributed by atoms with Gasteiger partial charge in [-0.3, -0.25) is 4.79 Å². The predicted molar refractivity (Wildman–Crippen MR) is 101 cm³/mol. The first-order chi connectivity index (χ1) is 13.2. The second kappa shape index (κ2) is 8.45. The van der Waals surface area contributed by atoms with Gasteiger partial charge in [0.2, 0.25) is 0 Å². The van der Waals surface area contributed by atoms with Gasteiger partial charge in [-0.25, -0.2) is 4.79 Å². The minimum Gasteiger partial charge on any atom is -0.457 e. The maximum absolute atomic E-state index is 12.2. The van der Waals surface area contributed by atoms with Crippen LogP contribution in [0.4, 0.5) is 5.69 Å². The number of para-hydroxylation sites is 1. The van der Waals surface area contributed by atoms with Crippen molar-refractivity contribution in [3.05, 3.63) is 101 Å². The Morgan fingerprint density at radius 1 is 0.852 bits per heavy atom. The third kappa shape index (κ3) is 4.80. The van der Waals surface area contributed by atoms with E-state index in [0.29, 0.717) is 16.7 Å². The van der Waals surface area contributed by atoms with Crippen LogP contribution >= 0.6 is 0 Å². The third-order valence-electron chi connectivity index (χ3n) is 3.87. The molecule has 5 nitrogen and oxygen atoms in total. The molecule has 27 heavy (non-hydrogen) atoms. The van der Waals surface area contributed by atoms with Gasteiger partial charge in [-0.15, -0.1) is 0 Å². The normalized spacial score (nSPS) is 9.89. The number of anilines is 1. The summed E-state index contributed by atoms with van der Waals surface area (Å²) in [4.78, 5) is 24.2. The summed E-state index contributed by atoms with van der Waals surface area (Å²) in [6, 6.07) is 24.3. The molecule has 0 aliphatic carbocycles. The zero-order valence-electron chi connectivity index (χ0n) is 14.4. The van der Waals surface area contributed by atoms with E-state index in [1.165, 1.54) is 0 Å². The van der Waals surface area contributed by atoms with Crippen LogP contribution in [0.25, 0.3) is 0 Å². The molecule has 0 unspecified atom stereocenters. The van der Waals surface area contributed by atoms with Crippen LogP contribution in [0.2, 0.25) is 0 Å². The molecule has 3 rings (SSSR count). The largest absolute Gasteiger partial charge is 0.457 e. The molecule has 0 radical (unpaired) electrons. The summed E-state index contributed by atoms with van der Waals surface area (Å²) in [7, 11) is 0. The molecule has 0 heterocycles.